The van der Waals surface area contributed by atoms with Crippen molar-refractivity contribution in [2.75, 3.05) is 14.7 Å². The standard InChI is InChI=1S/C60H49N3/c1-6-22-50(23-7-1)61(51-24-8-2-9-25-51)55-32-18-20-44(41-55)47-38-48(45-21-19-33-56(42-45)62(52-26-10-3-11-27-52)53-28-12-4-13-29-53)40-49(39-47)46-36-37-60-58(43-46)57-34-16-17-35-59(57)63(60)54-30-14-5-15-31-54/h1-28,30-31,33-42,53,55,58H,29,32,43H2. The summed E-state index contributed by atoms with van der Waals surface area (Å²) in [4.78, 5) is 7.43. The first-order chi connectivity index (χ1) is 31.2. The van der Waals surface area contributed by atoms with Gasteiger partial charge in [0.25, 0.3) is 0 Å². The van der Waals surface area contributed by atoms with Crippen molar-refractivity contribution in [1.82, 2.24) is 0 Å². The predicted octanol–water partition coefficient (Wildman–Crippen LogP) is 15.5. The van der Waals surface area contributed by atoms with Gasteiger partial charge in [-0.2, -0.15) is 0 Å². The van der Waals surface area contributed by atoms with Crippen molar-refractivity contribution in [3.63, 3.8) is 0 Å². The number of benzene rings is 7. The fourth-order valence-corrected chi connectivity index (χ4v) is 10.0. The highest BCUT2D eigenvalue weighted by molar-refractivity contribution is 5.87. The minimum absolute atomic E-state index is 0.139. The lowest BCUT2D eigenvalue weighted by atomic mass is 9.83. The van der Waals surface area contributed by atoms with Gasteiger partial charge in [0.15, 0.2) is 0 Å². The van der Waals surface area contributed by atoms with Crippen molar-refractivity contribution >= 4 is 45.3 Å². The Bertz CT molecular complexity index is 2900. The Hall–Kier alpha value is -7.62. The molecular weight excluding hydrogens is 763 g/mol. The molecule has 3 aliphatic carbocycles. The van der Waals surface area contributed by atoms with Gasteiger partial charge in [-0.25, -0.2) is 0 Å². The van der Waals surface area contributed by atoms with Crippen molar-refractivity contribution in [3.05, 3.63) is 265 Å². The van der Waals surface area contributed by atoms with Crippen molar-refractivity contribution in [2.24, 2.45) is 0 Å². The van der Waals surface area contributed by atoms with Gasteiger partial charge in [0.2, 0.25) is 0 Å². The van der Waals surface area contributed by atoms with Crippen LogP contribution >= 0.6 is 0 Å². The summed E-state index contributed by atoms with van der Waals surface area (Å²) in [6, 6.07) is 69.0. The van der Waals surface area contributed by atoms with Crippen LogP contribution in [0, 0.1) is 0 Å². The molecule has 63 heavy (non-hydrogen) atoms. The Morgan fingerprint density at radius 1 is 0.460 bits per heavy atom. The second kappa shape index (κ2) is 17.0. The van der Waals surface area contributed by atoms with Crippen LogP contribution in [0.5, 0.6) is 0 Å². The predicted molar refractivity (Wildman–Crippen MR) is 266 cm³/mol. The van der Waals surface area contributed by atoms with Gasteiger partial charge >= 0.3 is 0 Å². The van der Waals surface area contributed by atoms with Crippen LogP contribution in [0.2, 0.25) is 0 Å². The molecule has 7 aromatic carbocycles. The molecule has 0 aromatic heterocycles. The normalized spacial score (nSPS) is 18.5. The van der Waals surface area contributed by atoms with Crippen molar-refractivity contribution < 1.29 is 0 Å². The van der Waals surface area contributed by atoms with Gasteiger partial charge in [-0.05, 0) is 149 Å². The van der Waals surface area contributed by atoms with E-state index in [2.05, 4.69) is 257 Å². The first-order valence-electron chi connectivity index (χ1n) is 22.3. The zero-order chi connectivity index (χ0) is 42.0. The lowest BCUT2D eigenvalue weighted by molar-refractivity contribution is 0.785. The number of anilines is 6. The van der Waals surface area contributed by atoms with Gasteiger partial charge in [0.1, 0.15) is 0 Å². The van der Waals surface area contributed by atoms with Crippen molar-refractivity contribution in [3.8, 4) is 11.1 Å². The molecule has 0 N–H and O–H groups in total. The number of hydrogen-bond acceptors (Lipinski definition) is 3. The van der Waals surface area contributed by atoms with Crippen LogP contribution < -0.4 is 14.7 Å². The zero-order valence-electron chi connectivity index (χ0n) is 35.3. The van der Waals surface area contributed by atoms with Crippen LogP contribution in [-0.4, -0.2) is 12.1 Å². The van der Waals surface area contributed by atoms with E-state index in [1.54, 1.807) is 0 Å². The van der Waals surface area contributed by atoms with E-state index in [9.17, 15) is 0 Å². The summed E-state index contributed by atoms with van der Waals surface area (Å²) in [5.41, 5.74) is 17.4. The van der Waals surface area contributed by atoms with Gasteiger partial charge in [-0.3, -0.25) is 0 Å². The Labute approximate surface area is 371 Å². The number of fused-ring (bicyclic) bond motifs is 3. The van der Waals surface area contributed by atoms with Crippen LogP contribution in [0.1, 0.15) is 41.9 Å². The number of hydrogen-bond donors (Lipinski definition) is 0. The van der Waals surface area contributed by atoms with Gasteiger partial charge in [0.05, 0.1) is 12.1 Å². The summed E-state index contributed by atoms with van der Waals surface area (Å²) in [6.45, 7) is 0. The van der Waals surface area contributed by atoms with Gasteiger partial charge < -0.3 is 14.7 Å². The van der Waals surface area contributed by atoms with E-state index in [1.165, 1.54) is 78.8 Å². The molecule has 0 amide bonds. The summed E-state index contributed by atoms with van der Waals surface area (Å²) < 4.78 is 0. The van der Waals surface area contributed by atoms with Crippen LogP contribution in [-0.2, 0) is 0 Å². The third kappa shape index (κ3) is 7.57. The van der Waals surface area contributed by atoms with Crippen molar-refractivity contribution in [1.29, 1.82) is 0 Å². The molecule has 3 heteroatoms. The Balaban J connectivity index is 1.04. The summed E-state index contributed by atoms with van der Waals surface area (Å²) >= 11 is 0. The molecular formula is C60H49N3. The second-order valence-corrected chi connectivity index (χ2v) is 16.8. The lowest BCUT2D eigenvalue weighted by Gasteiger charge is -2.33. The van der Waals surface area contributed by atoms with Crippen LogP contribution in [0.4, 0.5) is 34.1 Å². The van der Waals surface area contributed by atoms with E-state index in [4.69, 9.17) is 0 Å². The molecule has 0 saturated heterocycles. The molecule has 0 spiro atoms. The highest BCUT2D eigenvalue weighted by Crippen LogP contribution is 2.53. The van der Waals surface area contributed by atoms with Gasteiger partial charge in [0, 0.05) is 45.7 Å². The number of para-hydroxylation sites is 5. The largest absolute Gasteiger partial charge is 0.334 e. The first kappa shape index (κ1) is 38.3. The highest BCUT2D eigenvalue weighted by atomic mass is 15.2. The topological polar surface area (TPSA) is 9.72 Å². The monoisotopic (exact) mass is 811 g/mol. The summed E-state index contributed by atoms with van der Waals surface area (Å²) in [6.07, 6.45) is 23.7. The maximum Gasteiger partial charge on any atom is 0.0565 e. The quantitative estimate of drug-likeness (QED) is 0.136. The SMILES string of the molecule is C1=CCC(N(c2ccccc2)c2cccc(-c3cc(C4=CC(N(c5ccccc5)c5ccccc5)CC=C4)cc(C4=CC=C5C(C4)c4ccccc4N5c4ccccc4)c3)c2)C=C1. The molecule has 7 aromatic rings. The Kier molecular flexibility index (Phi) is 10.4. The second-order valence-electron chi connectivity index (χ2n) is 16.8. The molecule has 4 aliphatic rings. The number of allylic oxidation sites excluding steroid dienone is 8. The maximum atomic E-state index is 2.49. The van der Waals surface area contributed by atoms with E-state index in [1.807, 2.05) is 0 Å². The van der Waals surface area contributed by atoms with Gasteiger partial charge in [-0.15, -0.1) is 0 Å². The van der Waals surface area contributed by atoms with Crippen molar-refractivity contribution in [2.45, 2.75) is 37.3 Å². The first-order valence-corrected chi connectivity index (χ1v) is 22.3. The third-order valence-corrected chi connectivity index (χ3v) is 12.9. The minimum atomic E-state index is 0.139. The molecule has 1 aliphatic heterocycles. The van der Waals surface area contributed by atoms with E-state index < -0.39 is 0 Å². The molecule has 3 nitrogen and oxygen atoms in total. The van der Waals surface area contributed by atoms with E-state index in [0.29, 0.717) is 0 Å². The van der Waals surface area contributed by atoms with Crippen LogP contribution in [0.3, 0.4) is 0 Å². The molecule has 304 valence electrons. The zero-order valence-corrected chi connectivity index (χ0v) is 35.3. The highest BCUT2D eigenvalue weighted by Gasteiger charge is 2.36. The smallest absolute Gasteiger partial charge is 0.0565 e. The molecule has 0 fully saturated rings. The molecule has 3 atom stereocenters. The average molecular weight is 812 g/mol. The van der Waals surface area contributed by atoms with Gasteiger partial charge in [-0.1, -0.05) is 152 Å². The molecule has 3 unspecified atom stereocenters. The summed E-state index contributed by atoms with van der Waals surface area (Å²) in [7, 11) is 0. The summed E-state index contributed by atoms with van der Waals surface area (Å²) in [5.74, 6) is 0.261. The molecule has 0 saturated carbocycles. The minimum Gasteiger partial charge on any atom is -0.334 e. The molecule has 11 rings (SSSR count). The number of nitrogens with zero attached hydrogens (tertiary/aromatic N) is 3. The molecule has 0 bridgehead atoms. The molecule has 1 heterocycles. The lowest BCUT2D eigenvalue weighted by Crippen LogP contribution is -2.30. The average Bonchev–Trinajstić information content (AvgIpc) is 3.70. The van der Waals surface area contributed by atoms with E-state index in [0.717, 1.165) is 19.3 Å². The maximum absolute atomic E-state index is 2.49. The van der Waals surface area contributed by atoms with Crippen LogP contribution in [0.25, 0.3) is 22.3 Å². The Morgan fingerprint density at radius 2 is 1.06 bits per heavy atom. The molecule has 0 radical (unpaired) electrons. The number of rotatable bonds is 10. The van der Waals surface area contributed by atoms with E-state index >= 15 is 0 Å². The Morgan fingerprint density at radius 3 is 1.76 bits per heavy atom. The van der Waals surface area contributed by atoms with Crippen LogP contribution in [0.15, 0.2) is 248 Å². The van der Waals surface area contributed by atoms with E-state index in [-0.39, 0.29) is 18.0 Å². The fraction of sp³-hybridized carbons (Fsp3) is 0.100. The third-order valence-electron chi connectivity index (χ3n) is 12.9. The fourth-order valence-electron chi connectivity index (χ4n) is 10.0. The summed E-state index contributed by atoms with van der Waals surface area (Å²) in [5, 5.41) is 0.